The Kier molecular flexibility index (Phi) is 4.16. The highest BCUT2D eigenvalue weighted by atomic mass is 35.5. The lowest BCUT2D eigenvalue weighted by molar-refractivity contribution is -0.160. The fourth-order valence-electron chi connectivity index (χ4n) is 1.15. The zero-order valence-electron chi connectivity index (χ0n) is 7.70. The predicted octanol–water partition coefficient (Wildman–Crippen LogP) is 0.0989. The van der Waals surface area contributed by atoms with Crippen molar-refractivity contribution in [1.29, 1.82) is 0 Å². The Labute approximate surface area is 86.3 Å². The number of carbonyl (C=O) groups excluding carboxylic acids is 2. The highest BCUT2D eigenvalue weighted by molar-refractivity contribution is 6.26. The monoisotopic (exact) mass is 222 g/mol. The van der Waals surface area contributed by atoms with Crippen molar-refractivity contribution >= 4 is 23.5 Å². The van der Waals surface area contributed by atoms with Crippen molar-refractivity contribution in [2.45, 2.75) is 19.1 Å². The maximum atomic E-state index is 10.8. The Morgan fingerprint density at radius 3 is 2.43 bits per heavy atom. The van der Waals surface area contributed by atoms with Gasteiger partial charge in [0.2, 0.25) is 0 Å². The SMILES string of the molecule is CC(=O)OC1COCC1OC(=O)CCl. The first-order valence-corrected chi connectivity index (χ1v) is 4.67. The topological polar surface area (TPSA) is 61.8 Å². The fraction of sp³-hybridized carbons (Fsp3) is 0.750. The molecule has 0 radical (unpaired) electrons. The molecule has 0 aromatic rings. The molecule has 1 aliphatic rings. The molecule has 2 unspecified atom stereocenters. The van der Waals surface area contributed by atoms with Crippen molar-refractivity contribution in [3.8, 4) is 0 Å². The third kappa shape index (κ3) is 3.16. The van der Waals surface area contributed by atoms with E-state index < -0.39 is 24.1 Å². The quantitative estimate of drug-likeness (QED) is 0.501. The molecule has 14 heavy (non-hydrogen) atoms. The fourth-order valence-corrected chi connectivity index (χ4v) is 1.21. The molecule has 1 rings (SSSR count). The third-order valence-corrected chi connectivity index (χ3v) is 1.91. The normalized spacial score (nSPS) is 25.9. The maximum Gasteiger partial charge on any atom is 0.321 e. The van der Waals surface area contributed by atoms with Gasteiger partial charge >= 0.3 is 11.9 Å². The number of rotatable bonds is 3. The second-order valence-corrected chi connectivity index (χ2v) is 3.11. The van der Waals surface area contributed by atoms with Crippen molar-refractivity contribution in [1.82, 2.24) is 0 Å². The molecule has 0 amide bonds. The zero-order chi connectivity index (χ0) is 10.6. The van der Waals surface area contributed by atoms with E-state index in [0.29, 0.717) is 0 Å². The van der Waals surface area contributed by atoms with Crippen LogP contribution in [0.3, 0.4) is 0 Å². The average molecular weight is 223 g/mol. The molecule has 80 valence electrons. The molecule has 0 bridgehead atoms. The smallest absolute Gasteiger partial charge is 0.321 e. The van der Waals surface area contributed by atoms with E-state index in [9.17, 15) is 9.59 Å². The number of esters is 2. The third-order valence-electron chi connectivity index (χ3n) is 1.69. The zero-order valence-corrected chi connectivity index (χ0v) is 8.45. The van der Waals surface area contributed by atoms with Gasteiger partial charge in [0.05, 0.1) is 13.2 Å². The number of carbonyl (C=O) groups is 2. The van der Waals surface area contributed by atoms with Crippen LogP contribution >= 0.6 is 11.6 Å². The summed E-state index contributed by atoms with van der Waals surface area (Å²) in [4.78, 5) is 21.5. The molecule has 0 aromatic heterocycles. The lowest BCUT2D eigenvalue weighted by Crippen LogP contribution is -2.33. The van der Waals surface area contributed by atoms with Gasteiger partial charge in [-0.05, 0) is 0 Å². The molecule has 0 N–H and O–H groups in total. The van der Waals surface area contributed by atoms with Crippen LogP contribution in [0.25, 0.3) is 0 Å². The van der Waals surface area contributed by atoms with E-state index in [-0.39, 0.29) is 19.1 Å². The average Bonchev–Trinajstić information content (AvgIpc) is 2.52. The van der Waals surface area contributed by atoms with Crippen LogP contribution in [0.4, 0.5) is 0 Å². The minimum Gasteiger partial charge on any atom is -0.456 e. The van der Waals surface area contributed by atoms with Gasteiger partial charge in [-0.1, -0.05) is 0 Å². The number of hydrogen-bond acceptors (Lipinski definition) is 5. The van der Waals surface area contributed by atoms with Gasteiger partial charge in [-0.25, -0.2) is 0 Å². The van der Waals surface area contributed by atoms with Crippen LogP contribution in [0.1, 0.15) is 6.92 Å². The number of halogens is 1. The van der Waals surface area contributed by atoms with Gasteiger partial charge in [0.15, 0.2) is 12.2 Å². The first-order valence-electron chi connectivity index (χ1n) is 4.14. The van der Waals surface area contributed by atoms with E-state index in [1.54, 1.807) is 0 Å². The van der Waals surface area contributed by atoms with Crippen LogP contribution in [0.2, 0.25) is 0 Å². The second-order valence-electron chi connectivity index (χ2n) is 2.85. The van der Waals surface area contributed by atoms with Crippen molar-refractivity contribution in [3.63, 3.8) is 0 Å². The number of alkyl halides is 1. The molecule has 0 aliphatic carbocycles. The highest BCUT2D eigenvalue weighted by Crippen LogP contribution is 2.14. The van der Waals surface area contributed by atoms with Gasteiger partial charge in [0, 0.05) is 6.92 Å². The van der Waals surface area contributed by atoms with E-state index >= 15 is 0 Å². The number of hydrogen-bond donors (Lipinski definition) is 0. The summed E-state index contributed by atoms with van der Waals surface area (Å²) in [5.41, 5.74) is 0. The van der Waals surface area contributed by atoms with Crippen LogP contribution in [-0.4, -0.2) is 43.2 Å². The summed E-state index contributed by atoms with van der Waals surface area (Å²) >= 11 is 5.26. The van der Waals surface area contributed by atoms with E-state index in [2.05, 4.69) is 0 Å². The molecule has 6 heteroatoms. The molecule has 0 spiro atoms. The van der Waals surface area contributed by atoms with Crippen molar-refractivity contribution < 1.29 is 23.8 Å². The Bertz CT molecular complexity index is 230. The lowest BCUT2D eigenvalue weighted by atomic mass is 10.2. The van der Waals surface area contributed by atoms with Crippen molar-refractivity contribution in [3.05, 3.63) is 0 Å². The van der Waals surface area contributed by atoms with Crippen LogP contribution in [0.5, 0.6) is 0 Å². The first-order chi connectivity index (χ1) is 6.63. The molecular formula is C8H11ClO5. The van der Waals surface area contributed by atoms with Gasteiger partial charge in [-0.3, -0.25) is 9.59 Å². The van der Waals surface area contributed by atoms with Crippen LogP contribution in [-0.2, 0) is 23.8 Å². The summed E-state index contributed by atoms with van der Waals surface area (Å²) in [5.74, 6) is -1.18. The van der Waals surface area contributed by atoms with Crippen molar-refractivity contribution in [2.75, 3.05) is 19.1 Å². The molecule has 5 nitrogen and oxygen atoms in total. The van der Waals surface area contributed by atoms with Gasteiger partial charge in [-0.15, -0.1) is 11.6 Å². The predicted molar refractivity (Wildman–Crippen MR) is 47.0 cm³/mol. The molecule has 1 aliphatic heterocycles. The van der Waals surface area contributed by atoms with Crippen molar-refractivity contribution in [2.24, 2.45) is 0 Å². The van der Waals surface area contributed by atoms with E-state index in [0.717, 1.165) is 0 Å². The molecule has 0 saturated carbocycles. The second kappa shape index (κ2) is 5.17. The molecule has 2 atom stereocenters. The Morgan fingerprint density at radius 1 is 1.36 bits per heavy atom. The summed E-state index contributed by atoms with van der Waals surface area (Å²) < 4.78 is 14.8. The Hall–Kier alpha value is -0.810. The van der Waals surface area contributed by atoms with Crippen LogP contribution in [0.15, 0.2) is 0 Å². The molecule has 1 heterocycles. The van der Waals surface area contributed by atoms with Gasteiger partial charge in [0.25, 0.3) is 0 Å². The largest absolute Gasteiger partial charge is 0.456 e. The van der Waals surface area contributed by atoms with Gasteiger partial charge in [0.1, 0.15) is 5.88 Å². The number of ether oxygens (including phenoxy) is 3. The van der Waals surface area contributed by atoms with E-state index in [1.165, 1.54) is 6.92 Å². The minimum atomic E-state index is -0.542. The highest BCUT2D eigenvalue weighted by Gasteiger charge is 2.33. The van der Waals surface area contributed by atoms with E-state index in [1.807, 2.05) is 0 Å². The standard InChI is InChI=1S/C8H11ClO5/c1-5(10)13-6-3-12-4-7(6)14-8(11)2-9/h6-7H,2-4H2,1H3. The summed E-state index contributed by atoms with van der Waals surface area (Å²) in [6, 6.07) is 0. The minimum absolute atomic E-state index is 0.219. The molecular weight excluding hydrogens is 212 g/mol. The van der Waals surface area contributed by atoms with Gasteiger partial charge < -0.3 is 14.2 Å². The molecule has 0 aromatic carbocycles. The summed E-state index contributed by atoms with van der Waals surface area (Å²) in [7, 11) is 0. The Balaban J connectivity index is 2.42. The maximum absolute atomic E-state index is 10.8. The summed E-state index contributed by atoms with van der Waals surface area (Å²) in [6.45, 7) is 1.78. The van der Waals surface area contributed by atoms with Crippen LogP contribution in [0, 0.1) is 0 Å². The Morgan fingerprint density at radius 2 is 1.93 bits per heavy atom. The lowest BCUT2D eigenvalue weighted by Gasteiger charge is -2.17. The van der Waals surface area contributed by atoms with Crippen LogP contribution < -0.4 is 0 Å². The molecule has 1 fully saturated rings. The summed E-state index contributed by atoms with van der Waals surface area (Å²) in [6.07, 6.45) is -1.05. The van der Waals surface area contributed by atoms with Gasteiger partial charge in [-0.2, -0.15) is 0 Å². The molecule has 1 saturated heterocycles. The summed E-state index contributed by atoms with van der Waals surface area (Å²) in [5, 5.41) is 0. The van der Waals surface area contributed by atoms with E-state index in [4.69, 9.17) is 25.8 Å². The first kappa shape index (κ1) is 11.3.